The number of para-hydroxylation sites is 1. The van der Waals surface area contributed by atoms with E-state index >= 15 is 0 Å². The lowest BCUT2D eigenvalue weighted by Gasteiger charge is -2.22. The molecule has 0 unspecified atom stereocenters. The van der Waals surface area contributed by atoms with Gasteiger partial charge in [0.2, 0.25) is 5.91 Å². The summed E-state index contributed by atoms with van der Waals surface area (Å²) in [6.07, 6.45) is 3.48. The molecule has 0 saturated carbocycles. The van der Waals surface area contributed by atoms with Crippen molar-refractivity contribution in [1.82, 2.24) is 14.7 Å². The third kappa shape index (κ3) is 5.49. The van der Waals surface area contributed by atoms with E-state index in [1.807, 2.05) is 52.0 Å². The fourth-order valence-electron chi connectivity index (χ4n) is 3.60. The van der Waals surface area contributed by atoms with Crippen LogP contribution < -0.4 is 5.56 Å². The second-order valence-corrected chi connectivity index (χ2v) is 8.13. The summed E-state index contributed by atoms with van der Waals surface area (Å²) in [6, 6.07) is 7.68. The third-order valence-electron chi connectivity index (χ3n) is 5.26. The molecule has 0 fully saturated rings. The molecule has 1 amide bonds. The van der Waals surface area contributed by atoms with Crippen molar-refractivity contribution in [2.75, 3.05) is 13.1 Å². The lowest BCUT2D eigenvalue weighted by molar-refractivity contribution is -0.131. The highest BCUT2D eigenvalue weighted by Gasteiger charge is 2.25. The zero-order valence-corrected chi connectivity index (χ0v) is 19.0. The molecule has 1 aromatic heterocycles. The molecule has 2 rings (SSSR count). The van der Waals surface area contributed by atoms with Gasteiger partial charge in [0.15, 0.2) is 5.78 Å². The molecule has 164 valence electrons. The van der Waals surface area contributed by atoms with Crippen molar-refractivity contribution < 1.29 is 9.59 Å². The second-order valence-electron chi connectivity index (χ2n) is 8.13. The van der Waals surface area contributed by atoms with Crippen molar-refractivity contribution >= 4 is 11.7 Å². The summed E-state index contributed by atoms with van der Waals surface area (Å²) in [5.74, 6) is -0.107. The summed E-state index contributed by atoms with van der Waals surface area (Å²) < 4.78 is 1.47. The number of carbonyl (C=O) groups excluding carboxylic acids is 2. The Kier molecular flexibility index (Phi) is 8.63. The number of benzene rings is 1. The molecule has 0 bridgehead atoms. The van der Waals surface area contributed by atoms with Crippen LogP contribution in [0.2, 0.25) is 0 Å². The highest BCUT2D eigenvalue weighted by atomic mass is 16.2. The van der Waals surface area contributed by atoms with E-state index in [1.54, 1.807) is 4.90 Å². The second kappa shape index (κ2) is 11.0. The molecule has 0 aliphatic carbocycles. The first kappa shape index (κ1) is 23.6. The van der Waals surface area contributed by atoms with Crippen LogP contribution in [-0.4, -0.2) is 39.5 Å². The Morgan fingerprint density at radius 2 is 1.80 bits per heavy atom. The van der Waals surface area contributed by atoms with Crippen LogP contribution in [-0.2, 0) is 17.6 Å². The minimum absolute atomic E-state index is 0.0305. The SMILES string of the molecule is CCCCN(CC(=O)c1c(CC)[nH]n(-c2ccccc2CC)c1=O)C(=O)CC(C)C. The van der Waals surface area contributed by atoms with E-state index in [1.165, 1.54) is 4.68 Å². The monoisotopic (exact) mass is 413 g/mol. The first-order valence-electron chi connectivity index (χ1n) is 11.1. The lowest BCUT2D eigenvalue weighted by Crippen LogP contribution is -2.38. The Morgan fingerprint density at radius 3 is 2.40 bits per heavy atom. The minimum atomic E-state index is -0.343. The molecule has 0 saturated heterocycles. The van der Waals surface area contributed by atoms with Gasteiger partial charge in [-0.05, 0) is 36.8 Å². The van der Waals surface area contributed by atoms with Gasteiger partial charge in [0.25, 0.3) is 5.56 Å². The smallest absolute Gasteiger partial charge is 0.282 e. The van der Waals surface area contributed by atoms with E-state index in [2.05, 4.69) is 12.0 Å². The molecule has 1 N–H and O–H groups in total. The van der Waals surface area contributed by atoms with Crippen LogP contribution in [0.1, 0.15) is 75.5 Å². The first-order chi connectivity index (χ1) is 14.3. The summed E-state index contributed by atoms with van der Waals surface area (Å²) in [6.45, 7) is 10.5. The van der Waals surface area contributed by atoms with E-state index in [0.717, 1.165) is 30.5 Å². The van der Waals surface area contributed by atoms with Gasteiger partial charge < -0.3 is 4.90 Å². The highest BCUT2D eigenvalue weighted by Crippen LogP contribution is 2.16. The van der Waals surface area contributed by atoms with Crippen molar-refractivity contribution in [2.45, 2.75) is 66.7 Å². The average molecular weight is 414 g/mol. The van der Waals surface area contributed by atoms with Crippen LogP contribution in [0.15, 0.2) is 29.1 Å². The lowest BCUT2D eigenvalue weighted by atomic mass is 10.1. The maximum atomic E-state index is 13.2. The number of hydrogen-bond donors (Lipinski definition) is 1. The quantitative estimate of drug-likeness (QED) is 0.562. The van der Waals surface area contributed by atoms with Gasteiger partial charge in [-0.3, -0.25) is 19.5 Å². The summed E-state index contributed by atoms with van der Waals surface area (Å²) in [4.78, 5) is 40.7. The number of hydrogen-bond acceptors (Lipinski definition) is 3. The molecule has 30 heavy (non-hydrogen) atoms. The number of Topliss-reactive ketones (excluding diaryl/α,β-unsaturated/α-hetero) is 1. The fraction of sp³-hybridized carbons (Fsp3) is 0.542. The molecule has 1 aromatic carbocycles. The predicted molar refractivity (Wildman–Crippen MR) is 120 cm³/mol. The fourth-order valence-corrected chi connectivity index (χ4v) is 3.60. The Balaban J connectivity index is 2.39. The van der Waals surface area contributed by atoms with E-state index in [9.17, 15) is 14.4 Å². The third-order valence-corrected chi connectivity index (χ3v) is 5.26. The van der Waals surface area contributed by atoms with Gasteiger partial charge in [0, 0.05) is 18.7 Å². The molecule has 1 heterocycles. The first-order valence-corrected chi connectivity index (χ1v) is 11.1. The van der Waals surface area contributed by atoms with Crippen LogP contribution >= 0.6 is 0 Å². The van der Waals surface area contributed by atoms with E-state index in [4.69, 9.17) is 0 Å². The number of nitrogens with one attached hydrogen (secondary N) is 1. The Labute approximate surface area is 179 Å². The summed E-state index contributed by atoms with van der Waals surface area (Å²) in [5, 5.41) is 3.13. The van der Waals surface area contributed by atoms with Crippen molar-refractivity contribution in [1.29, 1.82) is 0 Å². The molecular weight excluding hydrogens is 378 g/mol. The van der Waals surface area contributed by atoms with Crippen molar-refractivity contribution in [3.05, 3.63) is 51.4 Å². The summed E-state index contributed by atoms with van der Waals surface area (Å²) >= 11 is 0. The topological polar surface area (TPSA) is 75.2 Å². The molecule has 0 atom stereocenters. The van der Waals surface area contributed by atoms with Gasteiger partial charge in [-0.1, -0.05) is 59.2 Å². The molecule has 0 radical (unpaired) electrons. The standard InChI is InChI=1S/C24H35N3O3/c1-6-9-14-26(22(29)15-17(4)5)16-21(28)23-19(8-3)25-27(24(23)30)20-13-11-10-12-18(20)7-2/h10-13,17,25H,6-9,14-16H2,1-5H3. The summed E-state index contributed by atoms with van der Waals surface area (Å²) in [5.41, 5.74) is 2.23. The largest absolute Gasteiger partial charge is 0.335 e. The number of amides is 1. The molecule has 0 spiro atoms. The number of aryl methyl sites for hydroxylation is 2. The molecule has 6 heteroatoms. The van der Waals surface area contributed by atoms with Crippen LogP contribution in [0.5, 0.6) is 0 Å². The Hall–Kier alpha value is -2.63. The van der Waals surface area contributed by atoms with Crippen LogP contribution in [0, 0.1) is 5.92 Å². The van der Waals surface area contributed by atoms with Crippen molar-refractivity contribution in [3.8, 4) is 5.69 Å². The van der Waals surface area contributed by atoms with Crippen LogP contribution in [0.4, 0.5) is 0 Å². The minimum Gasteiger partial charge on any atom is -0.335 e. The number of carbonyl (C=O) groups is 2. The molecule has 0 aliphatic heterocycles. The van der Waals surface area contributed by atoms with Gasteiger partial charge in [-0.2, -0.15) is 0 Å². The van der Waals surface area contributed by atoms with E-state index in [-0.39, 0.29) is 35.3 Å². The maximum Gasteiger partial charge on any atom is 0.282 e. The maximum absolute atomic E-state index is 13.2. The van der Waals surface area contributed by atoms with Crippen LogP contribution in [0.3, 0.4) is 0 Å². The summed E-state index contributed by atoms with van der Waals surface area (Å²) in [7, 11) is 0. The zero-order valence-electron chi connectivity index (χ0n) is 19.0. The van der Waals surface area contributed by atoms with Crippen molar-refractivity contribution in [2.24, 2.45) is 5.92 Å². The molecule has 6 nitrogen and oxygen atoms in total. The van der Waals surface area contributed by atoms with Crippen LogP contribution in [0.25, 0.3) is 5.69 Å². The van der Waals surface area contributed by atoms with E-state index in [0.29, 0.717) is 25.1 Å². The number of unbranched alkanes of at least 4 members (excludes halogenated alkanes) is 1. The number of H-pyrrole nitrogens is 1. The van der Waals surface area contributed by atoms with Gasteiger partial charge >= 0.3 is 0 Å². The zero-order chi connectivity index (χ0) is 22.3. The predicted octanol–water partition coefficient (Wildman–Crippen LogP) is 4.15. The van der Waals surface area contributed by atoms with E-state index < -0.39 is 0 Å². The number of ketones is 1. The van der Waals surface area contributed by atoms with Gasteiger partial charge in [0.1, 0.15) is 5.56 Å². The Morgan fingerprint density at radius 1 is 1.10 bits per heavy atom. The van der Waals surface area contributed by atoms with Gasteiger partial charge in [-0.25, -0.2) is 4.68 Å². The Bertz CT molecular complexity index is 924. The van der Waals surface area contributed by atoms with Crippen molar-refractivity contribution in [3.63, 3.8) is 0 Å². The normalized spacial score (nSPS) is 11.1. The number of nitrogens with zero attached hydrogens (tertiary/aromatic N) is 2. The number of aromatic nitrogens is 2. The van der Waals surface area contributed by atoms with Gasteiger partial charge in [-0.15, -0.1) is 0 Å². The number of rotatable bonds is 11. The highest BCUT2D eigenvalue weighted by molar-refractivity contribution is 6.00. The molecule has 0 aliphatic rings. The molecular formula is C24H35N3O3. The van der Waals surface area contributed by atoms with Gasteiger partial charge in [0.05, 0.1) is 12.2 Å². The molecule has 2 aromatic rings. The number of aromatic amines is 1. The average Bonchev–Trinajstić information content (AvgIpc) is 3.06.